The van der Waals surface area contributed by atoms with Gasteiger partial charge in [0.05, 0.1) is 12.1 Å². The van der Waals surface area contributed by atoms with Gasteiger partial charge in [-0.2, -0.15) is 13.2 Å². The minimum atomic E-state index is -4.44. The van der Waals surface area contributed by atoms with E-state index in [-0.39, 0.29) is 23.9 Å². The van der Waals surface area contributed by atoms with E-state index in [1.165, 1.54) is 12.1 Å². The van der Waals surface area contributed by atoms with Crippen molar-refractivity contribution < 1.29 is 27.5 Å². The molecule has 106 valence electrons. The van der Waals surface area contributed by atoms with Crippen LogP contribution in [0.25, 0.3) is 0 Å². The van der Waals surface area contributed by atoms with Crippen molar-refractivity contribution in [3.05, 3.63) is 47.5 Å². The van der Waals surface area contributed by atoms with Crippen LogP contribution in [-0.2, 0) is 12.7 Å². The Labute approximate surface area is 111 Å². The Kier molecular flexibility index (Phi) is 3.64. The summed E-state index contributed by atoms with van der Waals surface area (Å²) in [5.74, 6) is -1.15. The number of carboxylic acids is 1. The maximum absolute atomic E-state index is 12.5. The smallest absolute Gasteiger partial charge is 0.416 e. The molecule has 0 aromatic carbocycles. The summed E-state index contributed by atoms with van der Waals surface area (Å²) < 4.78 is 42.4. The van der Waals surface area contributed by atoms with Crippen molar-refractivity contribution in [1.82, 2.24) is 4.98 Å². The van der Waals surface area contributed by atoms with Gasteiger partial charge in [-0.05, 0) is 24.3 Å². The Bertz CT molecular complexity index is 622. The molecule has 0 saturated heterocycles. The van der Waals surface area contributed by atoms with Crippen LogP contribution in [0.1, 0.15) is 21.9 Å². The van der Waals surface area contributed by atoms with Crippen LogP contribution in [0.2, 0.25) is 0 Å². The Morgan fingerprint density at radius 2 is 2.10 bits per heavy atom. The molecular formula is C12H9F3N2O3. The van der Waals surface area contributed by atoms with Gasteiger partial charge in [-0.15, -0.1) is 0 Å². The number of halogens is 3. The highest BCUT2D eigenvalue weighted by Gasteiger charge is 2.30. The van der Waals surface area contributed by atoms with Gasteiger partial charge in [-0.3, -0.25) is 0 Å². The summed E-state index contributed by atoms with van der Waals surface area (Å²) in [5, 5.41) is 11.3. The van der Waals surface area contributed by atoms with Gasteiger partial charge in [0.1, 0.15) is 11.6 Å². The molecule has 0 radical (unpaired) electrons. The largest absolute Gasteiger partial charge is 0.475 e. The van der Waals surface area contributed by atoms with Gasteiger partial charge < -0.3 is 14.8 Å². The molecule has 0 fully saturated rings. The average Bonchev–Trinajstić information content (AvgIpc) is 2.85. The number of pyridine rings is 1. The number of furan rings is 1. The van der Waals surface area contributed by atoms with E-state index in [4.69, 9.17) is 9.52 Å². The molecule has 2 aromatic heterocycles. The lowest BCUT2D eigenvalue weighted by Crippen LogP contribution is -2.07. The van der Waals surface area contributed by atoms with Crippen molar-refractivity contribution >= 4 is 11.8 Å². The fourth-order valence-electron chi connectivity index (χ4n) is 1.47. The zero-order chi connectivity index (χ0) is 14.8. The lowest BCUT2D eigenvalue weighted by molar-refractivity contribution is -0.137. The highest BCUT2D eigenvalue weighted by Crippen LogP contribution is 2.29. The molecule has 0 bridgehead atoms. The van der Waals surface area contributed by atoms with Gasteiger partial charge in [-0.25, -0.2) is 9.78 Å². The fraction of sp³-hybridized carbons (Fsp3) is 0.167. The first-order chi connectivity index (χ1) is 9.36. The number of carboxylic acid groups (broad SMARTS) is 1. The monoisotopic (exact) mass is 286 g/mol. The average molecular weight is 286 g/mol. The molecule has 2 aromatic rings. The molecule has 0 unspecified atom stereocenters. The fourth-order valence-corrected chi connectivity index (χ4v) is 1.47. The van der Waals surface area contributed by atoms with E-state index in [2.05, 4.69) is 10.3 Å². The van der Waals surface area contributed by atoms with Crippen LogP contribution in [0.5, 0.6) is 0 Å². The van der Waals surface area contributed by atoms with Crippen molar-refractivity contribution in [2.45, 2.75) is 12.7 Å². The number of hydrogen-bond acceptors (Lipinski definition) is 4. The number of hydrogen-bond donors (Lipinski definition) is 2. The second-order valence-corrected chi connectivity index (χ2v) is 3.85. The zero-order valence-electron chi connectivity index (χ0n) is 9.94. The van der Waals surface area contributed by atoms with Gasteiger partial charge >= 0.3 is 12.1 Å². The summed E-state index contributed by atoms with van der Waals surface area (Å²) in [6.07, 6.45) is -3.41. The summed E-state index contributed by atoms with van der Waals surface area (Å²) in [5.41, 5.74) is -0.819. The van der Waals surface area contributed by atoms with E-state index >= 15 is 0 Å². The third-order valence-corrected chi connectivity index (χ3v) is 2.40. The standard InChI is InChI=1S/C12H9F3N2O3/c13-12(14,15)7-3-4-16-10(5-7)17-6-8-1-2-9(20-8)11(18)19/h1-5H,6H2,(H,16,17)(H,18,19). The number of carbonyl (C=O) groups is 1. The minimum absolute atomic E-state index is 0.0214. The number of aromatic carboxylic acids is 1. The first kappa shape index (κ1) is 13.9. The Hall–Kier alpha value is -2.51. The van der Waals surface area contributed by atoms with Crippen LogP contribution in [0, 0.1) is 0 Å². The van der Waals surface area contributed by atoms with E-state index in [1.54, 1.807) is 0 Å². The lowest BCUT2D eigenvalue weighted by Gasteiger charge is -2.08. The van der Waals surface area contributed by atoms with E-state index in [1.807, 2.05) is 0 Å². The summed E-state index contributed by atoms with van der Waals surface area (Å²) in [6, 6.07) is 4.41. The third kappa shape index (κ3) is 3.28. The Morgan fingerprint density at radius 1 is 1.35 bits per heavy atom. The Balaban J connectivity index is 2.05. The van der Waals surface area contributed by atoms with Crippen LogP contribution < -0.4 is 5.32 Å². The van der Waals surface area contributed by atoms with Gasteiger partial charge in [-0.1, -0.05) is 0 Å². The normalized spacial score (nSPS) is 11.3. The highest BCUT2D eigenvalue weighted by molar-refractivity contribution is 5.84. The third-order valence-electron chi connectivity index (χ3n) is 2.40. The van der Waals surface area contributed by atoms with Crippen LogP contribution in [-0.4, -0.2) is 16.1 Å². The number of nitrogens with one attached hydrogen (secondary N) is 1. The molecule has 2 rings (SSSR count). The minimum Gasteiger partial charge on any atom is -0.475 e. The zero-order valence-corrected chi connectivity index (χ0v) is 9.94. The van der Waals surface area contributed by atoms with E-state index in [0.717, 1.165) is 18.3 Å². The summed E-state index contributed by atoms with van der Waals surface area (Å²) >= 11 is 0. The van der Waals surface area contributed by atoms with Crippen LogP contribution in [0.4, 0.5) is 19.0 Å². The maximum atomic E-state index is 12.5. The quantitative estimate of drug-likeness (QED) is 0.903. The van der Waals surface area contributed by atoms with Gasteiger partial charge in [0.15, 0.2) is 0 Å². The molecule has 0 aliphatic carbocycles. The molecule has 20 heavy (non-hydrogen) atoms. The highest BCUT2D eigenvalue weighted by atomic mass is 19.4. The molecular weight excluding hydrogens is 277 g/mol. The van der Waals surface area contributed by atoms with Crippen molar-refractivity contribution in [3.8, 4) is 0 Å². The summed E-state index contributed by atoms with van der Waals surface area (Å²) in [6.45, 7) is 0.0294. The van der Waals surface area contributed by atoms with Crippen molar-refractivity contribution in [1.29, 1.82) is 0 Å². The summed E-state index contributed by atoms with van der Waals surface area (Å²) in [4.78, 5) is 14.3. The van der Waals surface area contributed by atoms with E-state index in [9.17, 15) is 18.0 Å². The first-order valence-corrected chi connectivity index (χ1v) is 5.45. The molecule has 0 atom stereocenters. The van der Waals surface area contributed by atoms with Crippen LogP contribution in [0.3, 0.4) is 0 Å². The molecule has 0 amide bonds. The predicted octanol–water partition coefficient (Wildman–Crippen LogP) is 3.00. The van der Waals surface area contributed by atoms with Crippen molar-refractivity contribution in [2.24, 2.45) is 0 Å². The second kappa shape index (κ2) is 5.24. The molecule has 0 saturated carbocycles. The number of rotatable bonds is 4. The SMILES string of the molecule is O=C(O)c1ccc(CNc2cc(C(F)(F)F)ccn2)o1. The van der Waals surface area contributed by atoms with Crippen LogP contribution >= 0.6 is 0 Å². The van der Waals surface area contributed by atoms with Crippen molar-refractivity contribution in [2.75, 3.05) is 5.32 Å². The molecule has 0 aliphatic rings. The number of aromatic nitrogens is 1. The van der Waals surface area contributed by atoms with E-state index < -0.39 is 17.7 Å². The predicted molar refractivity (Wildman–Crippen MR) is 62.2 cm³/mol. The number of anilines is 1. The molecule has 2 N–H and O–H groups in total. The molecule has 8 heteroatoms. The van der Waals surface area contributed by atoms with Crippen molar-refractivity contribution in [3.63, 3.8) is 0 Å². The number of nitrogens with zero attached hydrogens (tertiary/aromatic N) is 1. The first-order valence-electron chi connectivity index (χ1n) is 5.45. The molecule has 2 heterocycles. The van der Waals surface area contributed by atoms with Gasteiger partial charge in [0.25, 0.3) is 0 Å². The maximum Gasteiger partial charge on any atom is 0.416 e. The van der Waals surface area contributed by atoms with E-state index in [0.29, 0.717) is 0 Å². The van der Waals surface area contributed by atoms with Gasteiger partial charge in [0.2, 0.25) is 5.76 Å². The number of alkyl halides is 3. The molecule has 0 spiro atoms. The molecule has 5 nitrogen and oxygen atoms in total. The topological polar surface area (TPSA) is 75.4 Å². The second-order valence-electron chi connectivity index (χ2n) is 3.85. The summed E-state index contributed by atoms with van der Waals surface area (Å²) in [7, 11) is 0. The molecule has 0 aliphatic heterocycles. The van der Waals surface area contributed by atoms with Crippen LogP contribution in [0.15, 0.2) is 34.9 Å². The lowest BCUT2D eigenvalue weighted by atomic mass is 10.2. The Morgan fingerprint density at radius 3 is 2.70 bits per heavy atom. The van der Waals surface area contributed by atoms with Gasteiger partial charge in [0, 0.05) is 6.20 Å².